The number of thiazole rings is 1. The third kappa shape index (κ3) is 5.17. The first kappa shape index (κ1) is 21.9. The van der Waals surface area contributed by atoms with Crippen molar-refractivity contribution in [3.8, 4) is 10.6 Å². The Bertz CT molecular complexity index is 680. The summed E-state index contributed by atoms with van der Waals surface area (Å²) in [4.78, 5) is 18.9. The first-order valence-corrected chi connectivity index (χ1v) is 9.03. The topological polar surface area (TPSA) is 59.2 Å². The lowest BCUT2D eigenvalue weighted by molar-refractivity contribution is 0.0709. The van der Waals surface area contributed by atoms with Crippen LogP contribution < -0.4 is 5.73 Å². The summed E-state index contributed by atoms with van der Waals surface area (Å²) in [7, 11) is 0. The molecule has 7 heteroatoms. The Morgan fingerprint density at radius 3 is 2.36 bits per heavy atom. The van der Waals surface area contributed by atoms with E-state index >= 15 is 0 Å². The Hall–Kier alpha value is -1.14. The zero-order chi connectivity index (χ0) is 16.4. The van der Waals surface area contributed by atoms with Crippen molar-refractivity contribution < 1.29 is 4.79 Å². The van der Waals surface area contributed by atoms with Gasteiger partial charge in [0, 0.05) is 30.1 Å². The van der Waals surface area contributed by atoms with Crippen molar-refractivity contribution in [3.05, 3.63) is 40.9 Å². The summed E-state index contributed by atoms with van der Waals surface area (Å²) in [6.45, 7) is 5.82. The highest BCUT2D eigenvalue weighted by atomic mass is 35.5. The molecule has 3 rings (SSSR count). The van der Waals surface area contributed by atoms with Gasteiger partial charge in [-0.2, -0.15) is 0 Å². The molecule has 0 unspecified atom stereocenters. The van der Waals surface area contributed by atoms with Crippen LogP contribution >= 0.6 is 36.2 Å². The molecule has 0 bridgehead atoms. The van der Waals surface area contributed by atoms with Gasteiger partial charge in [0.2, 0.25) is 0 Å². The molecule has 1 aromatic heterocycles. The van der Waals surface area contributed by atoms with Crippen LogP contribution in [0.1, 0.15) is 48.7 Å². The number of halogens is 2. The highest BCUT2D eigenvalue weighted by Crippen LogP contribution is 2.26. The van der Waals surface area contributed by atoms with Gasteiger partial charge < -0.3 is 10.6 Å². The van der Waals surface area contributed by atoms with Gasteiger partial charge >= 0.3 is 0 Å². The smallest absolute Gasteiger partial charge is 0.273 e. The van der Waals surface area contributed by atoms with Crippen LogP contribution in [-0.2, 0) is 0 Å². The maximum absolute atomic E-state index is 12.5. The molecule has 0 aliphatic carbocycles. The predicted octanol–water partition coefficient (Wildman–Crippen LogP) is 4.34. The summed E-state index contributed by atoms with van der Waals surface area (Å²) in [6.07, 6.45) is 1.75. The zero-order valence-electron chi connectivity index (χ0n) is 14.5. The minimum Gasteiger partial charge on any atom is -0.337 e. The van der Waals surface area contributed by atoms with Crippen LogP contribution in [0.3, 0.4) is 0 Å². The van der Waals surface area contributed by atoms with Gasteiger partial charge in [-0.05, 0) is 24.3 Å². The van der Waals surface area contributed by atoms with Gasteiger partial charge in [0.05, 0.1) is 0 Å². The number of likely N-dealkylation sites (tertiary alicyclic amines) is 1. The van der Waals surface area contributed by atoms with Crippen molar-refractivity contribution in [2.45, 2.75) is 38.6 Å². The lowest BCUT2D eigenvalue weighted by Crippen LogP contribution is -2.42. The van der Waals surface area contributed by atoms with Gasteiger partial charge in [-0.25, -0.2) is 4.98 Å². The van der Waals surface area contributed by atoms with Crippen LogP contribution in [0.15, 0.2) is 29.6 Å². The number of benzene rings is 1. The van der Waals surface area contributed by atoms with Crippen molar-refractivity contribution >= 4 is 42.1 Å². The average molecular weight is 402 g/mol. The minimum absolute atomic E-state index is 0. The quantitative estimate of drug-likeness (QED) is 0.831. The number of hydrogen-bond acceptors (Lipinski definition) is 4. The summed E-state index contributed by atoms with van der Waals surface area (Å²) in [5.41, 5.74) is 8.83. The Kier molecular flexibility index (Phi) is 8.35. The van der Waals surface area contributed by atoms with E-state index in [4.69, 9.17) is 5.73 Å². The molecular formula is C18H25Cl2N3OS. The van der Waals surface area contributed by atoms with Gasteiger partial charge in [-0.1, -0.05) is 38.1 Å². The van der Waals surface area contributed by atoms with E-state index in [1.807, 2.05) is 10.3 Å². The number of piperidine rings is 1. The standard InChI is InChI=1S/C18H23N3OS.2ClH/c1-12(2)13-3-5-14(6-4-13)17-20-16(11-23-17)18(22)21-9-7-15(19)8-10-21;;/h3-6,11-12,15H,7-10,19H2,1-2H3;2*1H. The zero-order valence-corrected chi connectivity index (χ0v) is 16.9. The number of nitrogens with zero attached hydrogens (tertiary/aromatic N) is 2. The number of rotatable bonds is 3. The molecule has 0 spiro atoms. The first-order valence-electron chi connectivity index (χ1n) is 8.15. The van der Waals surface area contributed by atoms with Crippen LogP contribution in [0.25, 0.3) is 10.6 Å². The van der Waals surface area contributed by atoms with Crippen LogP contribution in [0.5, 0.6) is 0 Å². The maximum atomic E-state index is 12.5. The molecule has 25 heavy (non-hydrogen) atoms. The monoisotopic (exact) mass is 401 g/mol. The number of amides is 1. The normalized spacial score (nSPS) is 14.8. The predicted molar refractivity (Wildman–Crippen MR) is 109 cm³/mol. The highest BCUT2D eigenvalue weighted by molar-refractivity contribution is 7.13. The summed E-state index contributed by atoms with van der Waals surface area (Å²) in [5.74, 6) is 0.543. The molecule has 1 fully saturated rings. The second-order valence-electron chi connectivity index (χ2n) is 6.44. The van der Waals surface area contributed by atoms with Crippen LogP contribution in [0.2, 0.25) is 0 Å². The molecule has 0 radical (unpaired) electrons. The van der Waals surface area contributed by atoms with Gasteiger partial charge in [0.15, 0.2) is 0 Å². The molecule has 4 nitrogen and oxygen atoms in total. The molecule has 2 heterocycles. The number of carbonyl (C=O) groups is 1. The van der Waals surface area contributed by atoms with E-state index < -0.39 is 0 Å². The van der Waals surface area contributed by atoms with Crippen molar-refractivity contribution in [1.82, 2.24) is 9.88 Å². The lowest BCUT2D eigenvalue weighted by Gasteiger charge is -2.29. The van der Waals surface area contributed by atoms with Gasteiger partial charge in [0.1, 0.15) is 10.7 Å². The number of aromatic nitrogens is 1. The third-order valence-electron chi connectivity index (χ3n) is 4.37. The fourth-order valence-electron chi connectivity index (χ4n) is 2.78. The van der Waals surface area contributed by atoms with Gasteiger partial charge in [-0.3, -0.25) is 4.79 Å². The second kappa shape index (κ2) is 9.53. The van der Waals surface area contributed by atoms with Gasteiger partial charge in [-0.15, -0.1) is 36.2 Å². The summed E-state index contributed by atoms with van der Waals surface area (Å²) in [5, 5.41) is 2.76. The molecule has 1 aliphatic heterocycles. The fraction of sp³-hybridized carbons (Fsp3) is 0.444. The van der Waals surface area contributed by atoms with E-state index in [2.05, 4.69) is 43.1 Å². The molecule has 0 saturated carbocycles. The summed E-state index contributed by atoms with van der Waals surface area (Å²) >= 11 is 1.53. The minimum atomic E-state index is 0. The summed E-state index contributed by atoms with van der Waals surface area (Å²) < 4.78 is 0. The van der Waals surface area contributed by atoms with Crippen molar-refractivity contribution in [2.75, 3.05) is 13.1 Å². The Balaban J connectivity index is 0.00000156. The molecule has 1 aliphatic rings. The van der Waals surface area contributed by atoms with Crippen molar-refractivity contribution in [3.63, 3.8) is 0 Å². The lowest BCUT2D eigenvalue weighted by atomic mass is 10.0. The van der Waals surface area contributed by atoms with E-state index in [1.165, 1.54) is 16.9 Å². The highest BCUT2D eigenvalue weighted by Gasteiger charge is 2.23. The molecule has 2 N–H and O–H groups in total. The Morgan fingerprint density at radius 1 is 1.20 bits per heavy atom. The molecule has 2 aromatic rings. The number of hydrogen-bond donors (Lipinski definition) is 1. The Morgan fingerprint density at radius 2 is 1.80 bits per heavy atom. The molecule has 1 saturated heterocycles. The molecule has 0 atom stereocenters. The summed E-state index contributed by atoms with van der Waals surface area (Å²) in [6, 6.07) is 8.67. The third-order valence-corrected chi connectivity index (χ3v) is 5.27. The van der Waals surface area contributed by atoms with E-state index in [-0.39, 0.29) is 36.8 Å². The SMILES string of the molecule is CC(C)c1ccc(-c2nc(C(=O)N3CCC(N)CC3)cs2)cc1.Cl.Cl. The molecule has 1 aromatic carbocycles. The molecule has 1 amide bonds. The first-order chi connectivity index (χ1) is 11.0. The van der Waals surface area contributed by atoms with Crippen LogP contribution in [0, 0.1) is 0 Å². The van der Waals surface area contributed by atoms with Gasteiger partial charge in [0.25, 0.3) is 5.91 Å². The second-order valence-corrected chi connectivity index (χ2v) is 7.30. The Labute approximate surface area is 165 Å². The largest absolute Gasteiger partial charge is 0.337 e. The number of nitrogens with two attached hydrogens (primary N) is 1. The van der Waals surface area contributed by atoms with Crippen molar-refractivity contribution in [2.24, 2.45) is 5.73 Å². The van der Waals surface area contributed by atoms with E-state index in [1.54, 1.807) is 0 Å². The van der Waals surface area contributed by atoms with E-state index in [0.29, 0.717) is 11.6 Å². The molecular weight excluding hydrogens is 377 g/mol. The van der Waals surface area contributed by atoms with Crippen LogP contribution in [0.4, 0.5) is 0 Å². The molecule has 138 valence electrons. The maximum Gasteiger partial charge on any atom is 0.273 e. The average Bonchev–Trinajstić information content (AvgIpc) is 3.05. The number of carbonyl (C=O) groups excluding carboxylic acids is 1. The van der Waals surface area contributed by atoms with E-state index in [9.17, 15) is 4.79 Å². The van der Waals surface area contributed by atoms with Crippen LogP contribution in [-0.4, -0.2) is 34.9 Å². The van der Waals surface area contributed by atoms with E-state index in [0.717, 1.165) is 36.5 Å². The fourth-order valence-corrected chi connectivity index (χ4v) is 3.58. The van der Waals surface area contributed by atoms with Crippen molar-refractivity contribution in [1.29, 1.82) is 0 Å².